The molecule has 0 N–H and O–H groups in total. The van der Waals surface area contributed by atoms with Gasteiger partial charge in [-0.25, -0.2) is 14.4 Å². The van der Waals surface area contributed by atoms with Gasteiger partial charge in [-0.1, -0.05) is 30.3 Å². The van der Waals surface area contributed by atoms with E-state index in [1.807, 2.05) is 42.5 Å². The molecule has 0 saturated carbocycles. The molecule has 0 unspecified atom stereocenters. The van der Waals surface area contributed by atoms with Gasteiger partial charge in [-0.15, -0.1) is 0 Å². The highest BCUT2D eigenvalue weighted by molar-refractivity contribution is 5.91. The van der Waals surface area contributed by atoms with Crippen molar-refractivity contribution in [3.8, 4) is 11.4 Å². The number of pyridine rings is 1. The number of rotatable bonds is 4. The summed E-state index contributed by atoms with van der Waals surface area (Å²) in [6.07, 6.45) is 4.55. The summed E-state index contributed by atoms with van der Waals surface area (Å²) in [6.45, 7) is 4.16. The normalized spacial score (nSPS) is 15.2. The predicted octanol–water partition coefficient (Wildman–Crippen LogP) is 4.54. The summed E-state index contributed by atoms with van der Waals surface area (Å²) in [7, 11) is 0. The number of hydrogen-bond donors (Lipinski definition) is 0. The van der Waals surface area contributed by atoms with E-state index in [9.17, 15) is 4.39 Å². The minimum atomic E-state index is -0.133. The minimum absolute atomic E-state index is 0.133. The summed E-state index contributed by atoms with van der Waals surface area (Å²) in [5.41, 5.74) is 2.59. The van der Waals surface area contributed by atoms with E-state index in [1.54, 1.807) is 18.5 Å². The predicted molar refractivity (Wildman–Crippen MR) is 121 cm³/mol. The van der Waals surface area contributed by atoms with Crippen LogP contribution in [0, 0.1) is 5.82 Å². The summed E-state index contributed by atoms with van der Waals surface area (Å²) in [4.78, 5) is 18.6. The van der Waals surface area contributed by atoms with Crippen LogP contribution in [0.4, 0.5) is 10.2 Å². The van der Waals surface area contributed by atoms with Gasteiger partial charge in [0.2, 0.25) is 0 Å². The summed E-state index contributed by atoms with van der Waals surface area (Å²) in [6, 6.07) is 19.1. The van der Waals surface area contributed by atoms with Crippen molar-refractivity contribution in [2.45, 2.75) is 13.0 Å². The first kappa shape index (κ1) is 19.6. The van der Waals surface area contributed by atoms with Gasteiger partial charge in [0.1, 0.15) is 11.6 Å². The van der Waals surface area contributed by atoms with Crippen molar-refractivity contribution in [2.75, 3.05) is 31.1 Å². The highest BCUT2D eigenvalue weighted by Crippen LogP contribution is 2.28. The largest absolute Gasteiger partial charge is 0.355 e. The van der Waals surface area contributed by atoms with Crippen LogP contribution >= 0.6 is 0 Å². The number of fused-ring (bicyclic) bond motifs is 1. The summed E-state index contributed by atoms with van der Waals surface area (Å²) in [5, 5.41) is 1.05. The van der Waals surface area contributed by atoms with E-state index in [-0.39, 0.29) is 5.82 Å². The Morgan fingerprint density at radius 1 is 0.839 bits per heavy atom. The molecule has 1 fully saturated rings. The number of hydrogen-bond acceptors (Lipinski definition) is 5. The van der Waals surface area contributed by atoms with Gasteiger partial charge in [-0.3, -0.25) is 9.88 Å². The maximum atomic E-state index is 14.1. The molecule has 0 atom stereocenters. The molecule has 6 heteroatoms. The molecule has 1 aliphatic rings. The zero-order valence-corrected chi connectivity index (χ0v) is 17.3. The average molecular weight is 414 g/mol. The molecular formula is C25H24FN5. The molecule has 0 radical (unpaired) electrons. The van der Waals surface area contributed by atoms with Crippen LogP contribution < -0.4 is 4.90 Å². The third kappa shape index (κ3) is 4.25. The SMILES string of the molecule is Fc1ccccc1CN1CCCN(c2nc(-c3cccnc3)nc3ccccc23)CC1. The standard InChI is InChI=1S/C25H24FN5/c26-22-10-3-1-7-20(22)18-30-13-6-14-31(16-15-30)25-21-9-2-4-11-23(21)28-24(29-25)19-8-5-12-27-17-19/h1-5,7-12,17H,6,13-16,18H2. The Hall–Kier alpha value is -3.38. The van der Waals surface area contributed by atoms with Gasteiger partial charge >= 0.3 is 0 Å². The van der Waals surface area contributed by atoms with Gasteiger partial charge < -0.3 is 4.90 Å². The van der Waals surface area contributed by atoms with Crippen molar-refractivity contribution in [3.63, 3.8) is 0 Å². The highest BCUT2D eigenvalue weighted by atomic mass is 19.1. The molecule has 1 aliphatic heterocycles. The first-order valence-electron chi connectivity index (χ1n) is 10.7. The molecule has 31 heavy (non-hydrogen) atoms. The second kappa shape index (κ2) is 8.78. The molecule has 2 aromatic carbocycles. The Balaban J connectivity index is 1.43. The number of halogens is 1. The van der Waals surface area contributed by atoms with Crippen LogP contribution in [0.15, 0.2) is 73.1 Å². The molecule has 2 aromatic heterocycles. The van der Waals surface area contributed by atoms with Crippen LogP contribution in [0.2, 0.25) is 0 Å². The highest BCUT2D eigenvalue weighted by Gasteiger charge is 2.20. The smallest absolute Gasteiger partial charge is 0.163 e. The lowest BCUT2D eigenvalue weighted by molar-refractivity contribution is 0.281. The van der Waals surface area contributed by atoms with Crippen molar-refractivity contribution in [1.29, 1.82) is 0 Å². The van der Waals surface area contributed by atoms with Gasteiger partial charge in [0.15, 0.2) is 5.82 Å². The Bertz CT molecular complexity index is 1180. The van der Waals surface area contributed by atoms with Gasteiger partial charge in [0.25, 0.3) is 0 Å². The molecule has 0 bridgehead atoms. The zero-order chi connectivity index (χ0) is 21.0. The molecule has 0 spiro atoms. The van der Waals surface area contributed by atoms with Crippen LogP contribution in [0.3, 0.4) is 0 Å². The van der Waals surface area contributed by atoms with Crippen molar-refractivity contribution in [3.05, 3.63) is 84.4 Å². The molecule has 0 aliphatic carbocycles. The van der Waals surface area contributed by atoms with Crippen LogP contribution in [-0.4, -0.2) is 46.0 Å². The van der Waals surface area contributed by atoms with E-state index in [1.165, 1.54) is 6.07 Å². The first-order chi connectivity index (χ1) is 15.3. The Labute approximate surface area is 181 Å². The molecular weight excluding hydrogens is 389 g/mol. The molecule has 5 nitrogen and oxygen atoms in total. The van der Waals surface area contributed by atoms with Gasteiger partial charge in [-0.2, -0.15) is 0 Å². The lowest BCUT2D eigenvalue weighted by Gasteiger charge is -2.24. The van der Waals surface area contributed by atoms with E-state index in [0.717, 1.165) is 60.4 Å². The second-order valence-electron chi connectivity index (χ2n) is 7.84. The van der Waals surface area contributed by atoms with Crippen molar-refractivity contribution < 1.29 is 4.39 Å². The van der Waals surface area contributed by atoms with Crippen LogP contribution in [0.25, 0.3) is 22.3 Å². The lowest BCUT2D eigenvalue weighted by atomic mass is 10.2. The Morgan fingerprint density at radius 3 is 2.58 bits per heavy atom. The molecule has 4 aromatic rings. The van der Waals surface area contributed by atoms with Gasteiger partial charge in [-0.05, 0) is 36.8 Å². The van der Waals surface area contributed by atoms with Gasteiger partial charge in [0.05, 0.1) is 5.52 Å². The number of para-hydroxylation sites is 1. The minimum Gasteiger partial charge on any atom is -0.355 e. The topological polar surface area (TPSA) is 45.2 Å². The van der Waals surface area contributed by atoms with Gasteiger partial charge in [0, 0.05) is 61.6 Å². The molecule has 1 saturated heterocycles. The van der Waals surface area contributed by atoms with Crippen molar-refractivity contribution in [1.82, 2.24) is 19.9 Å². The Kier molecular flexibility index (Phi) is 5.54. The first-order valence-corrected chi connectivity index (χ1v) is 10.7. The van der Waals surface area contributed by atoms with Crippen molar-refractivity contribution >= 4 is 16.7 Å². The maximum absolute atomic E-state index is 14.1. The monoisotopic (exact) mass is 413 g/mol. The average Bonchev–Trinajstić information content (AvgIpc) is 3.06. The third-order valence-corrected chi connectivity index (χ3v) is 5.74. The quantitative estimate of drug-likeness (QED) is 0.491. The number of anilines is 1. The number of benzene rings is 2. The van der Waals surface area contributed by atoms with Crippen LogP contribution in [-0.2, 0) is 6.54 Å². The molecule has 5 rings (SSSR count). The van der Waals surface area contributed by atoms with E-state index < -0.39 is 0 Å². The van der Waals surface area contributed by atoms with Crippen LogP contribution in [0.1, 0.15) is 12.0 Å². The molecule has 3 heterocycles. The third-order valence-electron chi connectivity index (χ3n) is 5.74. The van der Waals surface area contributed by atoms with Crippen molar-refractivity contribution in [2.24, 2.45) is 0 Å². The van der Waals surface area contributed by atoms with E-state index in [2.05, 4.69) is 20.9 Å². The van der Waals surface area contributed by atoms with E-state index in [0.29, 0.717) is 12.4 Å². The van der Waals surface area contributed by atoms with E-state index >= 15 is 0 Å². The van der Waals surface area contributed by atoms with Crippen LogP contribution in [0.5, 0.6) is 0 Å². The number of aromatic nitrogens is 3. The molecule has 0 amide bonds. The fraction of sp³-hybridized carbons (Fsp3) is 0.240. The summed E-state index contributed by atoms with van der Waals surface area (Å²) >= 11 is 0. The fourth-order valence-corrected chi connectivity index (χ4v) is 4.13. The second-order valence-corrected chi connectivity index (χ2v) is 7.84. The fourth-order valence-electron chi connectivity index (χ4n) is 4.13. The van der Waals surface area contributed by atoms with E-state index in [4.69, 9.17) is 9.97 Å². The lowest BCUT2D eigenvalue weighted by Crippen LogP contribution is -2.31. The maximum Gasteiger partial charge on any atom is 0.163 e. The summed E-state index contributed by atoms with van der Waals surface area (Å²) in [5.74, 6) is 1.51. The zero-order valence-electron chi connectivity index (χ0n) is 17.3. The Morgan fingerprint density at radius 2 is 1.71 bits per heavy atom. The summed E-state index contributed by atoms with van der Waals surface area (Å²) < 4.78 is 14.1. The molecule has 156 valence electrons. The number of nitrogens with zero attached hydrogens (tertiary/aromatic N) is 5.